The molecule has 0 amide bonds. The van der Waals surface area contributed by atoms with Crippen molar-refractivity contribution in [2.24, 2.45) is 0 Å². The molecule has 0 aliphatic rings. The number of halogens is 3. The Hall–Kier alpha value is 0.100. The summed E-state index contributed by atoms with van der Waals surface area (Å²) in [5, 5.41) is 3.13. The molecule has 16 heavy (non-hydrogen) atoms. The Morgan fingerprint density at radius 1 is 1.12 bits per heavy atom. The van der Waals surface area contributed by atoms with E-state index in [0.29, 0.717) is 6.54 Å². The van der Waals surface area contributed by atoms with Crippen LogP contribution in [0.4, 0.5) is 13.2 Å². The van der Waals surface area contributed by atoms with Crippen molar-refractivity contribution < 1.29 is 13.2 Å². The first kappa shape index (κ1) is 16.1. The lowest BCUT2D eigenvalue weighted by atomic mass is 10.0. The van der Waals surface area contributed by atoms with Crippen LogP contribution in [0, 0.1) is 0 Å². The van der Waals surface area contributed by atoms with Crippen molar-refractivity contribution in [2.45, 2.75) is 50.5 Å². The van der Waals surface area contributed by atoms with E-state index in [0.717, 1.165) is 19.4 Å². The second-order valence-corrected chi connectivity index (χ2v) is 5.26. The van der Waals surface area contributed by atoms with Crippen LogP contribution in [0.5, 0.6) is 0 Å². The Morgan fingerprint density at radius 2 is 1.69 bits per heavy atom. The predicted octanol–water partition coefficient (Wildman–Crippen LogP) is 3.84. The van der Waals surface area contributed by atoms with Gasteiger partial charge in [-0.15, -0.1) is 0 Å². The molecular formula is C11H22F3NS. The van der Waals surface area contributed by atoms with Crippen molar-refractivity contribution in [1.82, 2.24) is 5.32 Å². The molecule has 0 aromatic carbocycles. The Labute approximate surface area is 101 Å². The first-order valence-electron chi connectivity index (χ1n) is 5.71. The van der Waals surface area contributed by atoms with Crippen LogP contribution in [0.25, 0.3) is 0 Å². The van der Waals surface area contributed by atoms with E-state index in [9.17, 15) is 13.2 Å². The monoisotopic (exact) mass is 257 g/mol. The first-order chi connectivity index (χ1) is 7.39. The zero-order valence-electron chi connectivity index (χ0n) is 10.3. The van der Waals surface area contributed by atoms with E-state index in [2.05, 4.69) is 25.4 Å². The van der Waals surface area contributed by atoms with Crippen molar-refractivity contribution in [3.05, 3.63) is 0 Å². The molecule has 0 bridgehead atoms. The third kappa shape index (κ3) is 6.63. The second kappa shape index (κ2) is 7.43. The summed E-state index contributed by atoms with van der Waals surface area (Å²) in [4.78, 5) is 0. The fourth-order valence-electron chi connectivity index (χ4n) is 1.59. The van der Waals surface area contributed by atoms with Crippen LogP contribution in [0.2, 0.25) is 0 Å². The third-order valence-corrected chi connectivity index (χ3v) is 4.57. The smallest absolute Gasteiger partial charge is 0.315 e. The lowest BCUT2D eigenvalue weighted by Crippen LogP contribution is -2.37. The maximum Gasteiger partial charge on any atom is 0.389 e. The molecule has 0 unspecified atom stereocenters. The van der Waals surface area contributed by atoms with Crippen LogP contribution in [-0.2, 0) is 0 Å². The zero-order valence-corrected chi connectivity index (χ0v) is 11.1. The average Bonchev–Trinajstić information content (AvgIpc) is 2.23. The summed E-state index contributed by atoms with van der Waals surface area (Å²) >= 11 is 1.80. The molecule has 98 valence electrons. The molecule has 0 aliphatic heterocycles. The van der Waals surface area contributed by atoms with E-state index in [4.69, 9.17) is 0 Å². The quantitative estimate of drug-likeness (QED) is 0.663. The molecule has 0 fully saturated rings. The highest BCUT2D eigenvalue weighted by atomic mass is 32.2. The van der Waals surface area contributed by atoms with E-state index >= 15 is 0 Å². The molecule has 0 heterocycles. The fourth-order valence-corrected chi connectivity index (χ4v) is 2.41. The van der Waals surface area contributed by atoms with Gasteiger partial charge in [-0.25, -0.2) is 0 Å². The van der Waals surface area contributed by atoms with Crippen LogP contribution in [0.15, 0.2) is 0 Å². The van der Waals surface area contributed by atoms with Gasteiger partial charge in [0, 0.05) is 17.7 Å². The summed E-state index contributed by atoms with van der Waals surface area (Å²) in [5.41, 5.74) is 0. The summed E-state index contributed by atoms with van der Waals surface area (Å²) in [6.45, 7) is 5.48. The van der Waals surface area contributed by atoms with Gasteiger partial charge in [-0.2, -0.15) is 24.9 Å². The molecule has 0 aromatic rings. The highest BCUT2D eigenvalue weighted by Gasteiger charge is 2.27. The van der Waals surface area contributed by atoms with E-state index in [1.165, 1.54) is 0 Å². The van der Waals surface area contributed by atoms with Gasteiger partial charge in [-0.05, 0) is 32.1 Å². The highest BCUT2D eigenvalue weighted by molar-refractivity contribution is 8.00. The normalized spacial score (nSPS) is 13.1. The van der Waals surface area contributed by atoms with Crippen LogP contribution >= 0.6 is 11.8 Å². The summed E-state index contributed by atoms with van der Waals surface area (Å²) in [7, 11) is 0. The molecule has 0 radical (unpaired) electrons. The van der Waals surface area contributed by atoms with Crippen LogP contribution < -0.4 is 5.32 Å². The van der Waals surface area contributed by atoms with Gasteiger partial charge in [0.2, 0.25) is 0 Å². The number of hydrogen-bond acceptors (Lipinski definition) is 2. The molecule has 1 nitrogen and oxygen atoms in total. The van der Waals surface area contributed by atoms with E-state index in [-0.39, 0.29) is 11.2 Å². The average molecular weight is 257 g/mol. The highest BCUT2D eigenvalue weighted by Crippen LogP contribution is 2.29. The molecule has 1 N–H and O–H groups in total. The standard InChI is InChI=1S/C11H22F3NS/c1-4-10(5-2,16-3)9-15-8-6-7-11(12,13)14/h15H,4-9H2,1-3H3. The van der Waals surface area contributed by atoms with E-state index < -0.39 is 12.6 Å². The summed E-state index contributed by atoms with van der Waals surface area (Å²) < 4.78 is 35.8. The number of rotatable bonds is 8. The SMILES string of the molecule is CCC(CC)(CNCCCC(F)(F)F)SC. The molecule has 0 aromatic heterocycles. The van der Waals surface area contributed by atoms with Crippen molar-refractivity contribution in [2.75, 3.05) is 19.3 Å². The fraction of sp³-hybridized carbons (Fsp3) is 1.00. The lowest BCUT2D eigenvalue weighted by molar-refractivity contribution is -0.135. The molecule has 0 spiro atoms. The maximum absolute atomic E-state index is 11.9. The van der Waals surface area contributed by atoms with Gasteiger partial charge in [0.25, 0.3) is 0 Å². The third-order valence-electron chi connectivity index (χ3n) is 2.98. The van der Waals surface area contributed by atoms with Gasteiger partial charge in [0.05, 0.1) is 0 Å². The zero-order chi connectivity index (χ0) is 12.7. The molecule has 0 saturated carbocycles. The topological polar surface area (TPSA) is 12.0 Å². The molecule has 0 atom stereocenters. The summed E-state index contributed by atoms with van der Waals surface area (Å²) in [6, 6.07) is 0. The van der Waals surface area contributed by atoms with Crippen LogP contribution in [-0.4, -0.2) is 30.3 Å². The number of hydrogen-bond donors (Lipinski definition) is 1. The van der Waals surface area contributed by atoms with Crippen molar-refractivity contribution >= 4 is 11.8 Å². The van der Waals surface area contributed by atoms with Gasteiger partial charge >= 0.3 is 6.18 Å². The Balaban J connectivity index is 3.71. The van der Waals surface area contributed by atoms with Crippen LogP contribution in [0.1, 0.15) is 39.5 Å². The molecule has 0 aliphatic carbocycles. The van der Waals surface area contributed by atoms with Crippen molar-refractivity contribution in [1.29, 1.82) is 0 Å². The van der Waals surface area contributed by atoms with Crippen molar-refractivity contribution in [3.8, 4) is 0 Å². The summed E-state index contributed by atoms with van der Waals surface area (Å²) in [5.74, 6) is 0. The lowest BCUT2D eigenvalue weighted by Gasteiger charge is -2.30. The molecule has 5 heteroatoms. The molecular weight excluding hydrogens is 235 g/mol. The molecule has 0 rings (SSSR count). The first-order valence-corrected chi connectivity index (χ1v) is 6.94. The minimum absolute atomic E-state index is 0.168. The summed E-state index contributed by atoms with van der Waals surface area (Å²) in [6.07, 6.45) is -0.405. The Kier molecular flexibility index (Phi) is 7.48. The van der Waals surface area contributed by atoms with Crippen molar-refractivity contribution in [3.63, 3.8) is 0 Å². The van der Waals surface area contributed by atoms with Crippen LogP contribution in [0.3, 0.4) is 0 Å². The number of nitrogens with one attached hydrogen (secondary N) is 1. The Bertz CT molecular complexity index is 170. The number of thioether (sulfide) groups is 1. The minimum Gasteiger partial charge on any atom is -0.315 e. The maximum atomic E-state index is 11.9. The van der Waals surface area contributed by atoms with E-state index in [1.807, 2.05) is 0 Å². The van der Waals surface area contributed by atoms with Gasteiger partial charge < -0.3 is 5.32 Å². The minimum atomic E-state index is -4.02. The van der Waals surface area contributed by atoms with Gasteiger partial charge in [-0.3, -0.25) is 0 Å². The Morgan fingerprint density at radius 3 is 2.06 bits per heavy atom. The number of alkyl halides is 3. The predicted molar refractivity (Wildman–Crippen MR) is 65.0 cm³/mol. The largest absolute Gasteiger partial charge is 0.389 e. The molecule has 0 saturated heterocycles. The van der Waals surface area contributed by atoms with Gasteiger partial charge in [0.1, 0.15) is 0 Å². The van der Waals surface area contributed by atoms with Gasteiger partial charge in [-0.1, -0.05) is 13.8 Å². The van der Waals surface area contributed by atoms with E-state index in [1.54, 1.807) is 11.8 Å². The van der Waals surface area contributed by atoms with Gasteiger partial charge in [0.15, 0.2) is 0 Å². The second-order valence-electron chi connectivity index (χ2n) is 3.99.